The van der Waals surface area contributed by atoms with Crippen LogP contribution in [0.2, 0.25) is 0 Å². The van der Waals surface area contributed by atoms with Gasteiger partial charge in [0, 0.05) is 0 Å². The van der Waals surface area contributed by atoms with Crippen molar-refractivity contribution in [3.8, 4) is 11.5 Å². The second-order valence-electron chi connectivity index (χ2n) is 4.34. The van der Waals surface area contributed by atoms with E-state index in [1.165, 1.54) is 7.11 Å². The van der Waals surface area contributed by atoms with E-state index in [0.717, 1.165) is 5.56 Å². The van der Waals surface area contributed by atoms with Crippen LogP contribution in [0.5, 0.6) is 11.5 Å². The Morgan fingerprint density at radius 2 is 1.89 bits per heavy atom. The van der Waals surface area contributed by atoms with Crippen LogP contribution in [0.4, 0.5) is 0 Å². The van der Waals surface area contributed by atoms with Crippen molar-refractivity contribution in [1.82, 2.24) is 10.2 Å². The third-order valence-electron chi connectivity index (χ3n) is 3.07. The first-order valence-electron chi connectivity index (χ1n) is 5.82. The normalized spacial score (nSPS) is 20.1. The number of hydrogen-bond acceptors (Lipinski definition) is 5. The number of carbonyl (C=O) groups excluding carboxylic acids is 2. The largest absolute Gasteiger partial charge is 0.493 e. The van der Waals surface area contributed by atoms with E-state index >= 15 is 0 Å². The number of rotatable bonds is 3. The number of piperazine rings is 1. The average molecular weight is 264 g/mol. The standard InChI is InChI=1S/C13H16N2O4/c1-15-7-11(16)14-13(17)12(15)8-4-5-9(18-2)10(6-8)19-3/h4-6,12H,7H2,1-3H3,(H,14,16,17). The molecule has 0 bridgehead atoms. The number of imide groups is 1. The quantitative estimate of drug-likeness (QED) is 0.797. The van der Waals surface area contributed by atoms with Gasteiger partial charge < -0.3 is 9.47 Å². The maximum Gasteiger partial charge on any atom is 0.248 e. The molecule has 1 aliphatic heterocycles. The summed E-state index contributed by atoms with van der Waals surface area (Å²) in [6.07, 6.45) is 0. The minimum Gasteiger partial charge on any atom is -0.493 e. The Bertz CT molecular complexity index is 515. The number of nitrogens with zero attached hydrogens (tertiary/aromatic N) is 1. The number of hydrogen-bond donors (Lipinski definition) is 1. The van der Waals surface area contributed by atoms with E-state index in [-0.39, 0.29) is 18.4 Å². The van der Waals surface area contributed by atoms with Gasteiger partial charge in [0.2, 0.25) is 11.8 Å². The Morgan fingerprint density at radius 3 is 2.47 bits per heavy atom. The van der Waals surface area contributed by atoms with Crippen LogP contribution < -0.4 is 14.8 Å². The van der Waals surface area contributed by atoms with Crippen molar-refractivity contribution in [2.75, 3.05) is 27.8 Å². The highest BCUT2D eigenvalue weighted by atomic mass is 16.5. The van der Waals surface area contributed by atoms with Crippen LogP contribution in [0, 0.1) is 0 Å². The van der Waals surface area contributed by atoms with E-state index in [4.69, 9.17) is 9.47 Å². The summed E-state index contributed by atoms with van der Waals surface area (Å²) in [5, 5.41) is 2.33. The molecule has 1 heterocycles. The Hall–Kier alpha value is -2.08. The summed E-state index contributed by atoms with van der Waals surface area (Å²) in [6.45, 7) is 0.185. The number of methoxy groups -OCH3 is 2. The number of amides is 2. The van der Waals surface area contributed by atoms with Crippen LogP contribution in [-0.4, -0.2) is 44.5 Å². The fourth-order valence-electron chi connectivity index (χ4n) is 2.19. The van der Waals surface area contributed by atoms with Crippen molar-refractivity contribution in [1.29, 1.82) is 0 Å². The minimum atomic E-state index is -0.502. The zero-order valence-corrected chi connectivity index (χ0v) is 11.1. The maximum absolute atomic E-state index is 11.9. The van der Waals surface area contributed by atoms with Crippen LogP contribution in [-0.2, 0) is 9.59 Å². The van der Waals surface area contributed by atoms with Crippen LogP contribution in [0.3, 0.4) is 0 Å². The van der Waals surface area contributed by atoms with Gasteiger partial charge in [-0.15, -0.1) is 0 Å². The molecule has 2 rings (SSSR count). The third kappa shape index (κ3) is 2.53. The molecule has 0 aromatic heterocycles. The lowest BCUT2D eigenvalue weighted by atomic mass is 10.0. The van der Waals surface area contributed by atoms with Crippen LogP contribution >= 0.6 is 0 Å². The Morgan fingerprint density at radius 1 is 1.21 bits per heavy atom. The average Bonchev–Trinajstić information content (AvgIpc) is 2.37. The summed E-state index contributed by atoms with van der Waals surface area (Å²) in [5.41, 5.74) is 0.755. The van der Waals surface area contributed by atoms with Crippen molar-refractivity contribution >= 4 is 11.8 Å². The molecule has 0 aliphatic carbocycles. The monoisotopic (exact) mass is 264 g/mol. The minimum absolute atomic E-state index is 0.185. The first-order valence-corrected chi connectivity index (χ1v) is 5.82. The van der Waals surface area contributed by atoms with E-state index in [9.17, 15) is 9.59 Å². The molecule has 19 heavy (non-hydrogen) atoms. The molecule has 0 radical (unpaired) electrons. The Kier molecular flexibility index (Phi) is 3.71. The molecular formula is C13H16N2O4. The number of ether oxygens (including phenoxy) is 2. The zero-order valence-electron chi connectivity index (χ0n) is 11.1. The van der Waals surface area contributed by atoms with E-state index in [0.29, 0.717) is 11.5 Å². The highest BCUT2D eigenvalue weighted by Gasteiger charge is 2.32. The van der Waals surface area contributed by atoms with Crippen molar-refractivity contribution in [2.45, 2.75) is 6.04 Å². The Balaban J connectivity index is 2.35. The third-order valence-corrected chi connectivity index (χ3v) is 3.07. The van der Waals surface area contributed by atoms with Gasteiger partial charge in [0.1, 0.15) is 6.04 Å². The molecule has 6 heteroatoms. The molecule has 1 aromatic rings. The van der Waals surface area contributed by atoms with Crippen molar-refractivity contribution in [3.05, 3.63) is 23.8 Å². The molecule has 102 valence electrons. The zero-order chi connectivity index (χ0) is 14.0. The van der Waals surface area contributed by atoms with Gasteiger partial charge in [-0.05, 0) is 24.7 Å². The lowest BCUT2D eigenvalue weighted by Gasteiger charge is -2.31. The fourth-order valence-corrected chi connectivity index (χ4v) is 2.19. The van der Waals surface area contributed by atoms with Gasteiger partial charge in [-0.2, -0.15) is 0 Å². The fraction of sp³-hybridized carbons (Fsp3) is 0.385. The molecular weight excluding hydrogens is 248 g/mol. The molecule has 1 saturated heterocycles. The summed E-state index contributed by atoms with van der Waals surface area (Å²) < 4.78 is 10.4. The molecule has 1 aromatic carbocycles. The van der Waals surface area contributed by atoms with Crippen molar-refractivity contribution in [3.63, 3.8) is 0 Å². The van der Waals surface area contributed by atoms with E-state index < -0.39 is 6.04 Å². The molecule has 0 spiro atoms. The number of carbonyl (C=O) groups is 2. The van der Waals surface area contributed by atoms with E-state index in [1.807, 2.05) is 0 Å². The summed E-state index contributed by atoms with van der Waals surface area (Å²) in [7, 11) is 4.82. The predicted octanol–water partition coefficient (Wildman–Crippen LogP) is 0.333. The van der Waals surface area contributed by atoms with Gasteiger partial charge in [0.05, 0.1) is 20.8 Å². The van der Waals surface area contributed by atoms with Gasteiger partial charge in [-0.3, -0.25) is 19.8 Å². The van der Waals surface area contributed by atoms with Crippen molar-refractivity contribution in [2.24, 2.45) is 0 Å². The molecule has 1 fully saturated rings. The molecule has 2 amide bonds. The molecule has 1 atom stereocenters. The van der Waals surface area contributed by atoms with Crippen LogP contribution in [0.1, 0.15) is 11.6 Å². The predicted molar refractivity (Wildman–Crippen MR) is 68.1 cm³/mol. The lowest BCUT2D eigenvalue weighted by molar-refractivity contribution is -0.139. The van der Waals surface area contributed by atoms with E-state index in [2.05, 4.69) is 5.32 Å². The van der Waals surface area contributed by atoms with E-state index in [1.54, 1.807) is 37.3 Å². The van der Waals surface area contributed by atoms with Crippen LogP contribution in [0.15, 0.2) is 18.2 Å². The molecule has 1 unspecified atom stereocenters. The number of benzene rings is 1. The maximum atomic E-state index is 11.9. The van der Waals surface area contributed by atoms with Gasteiger partial charge >= 0.3 is 0 Å². The summed E-state index contributed by atoms with van der Waals surface area (Å²) >= 11 is 0. The van der Waals surface area contributed by atoms with Crippen molar-refractivity contribution < 1.29 is 19.1 Å². The molecule has 1 aliphatic rings. The SMILES string of the molecule is COc1ccc(C2C(=O)NC(=O)CN2C)cc1OC. The summed E-state index contributed by atoms with van der Waals surface area (Å²) in [6, 6.07) is 4.77. The van der Waals surface area contributed by atoms with Crippen LogP contribution in [0.25, 0.3) is 0 Å². The van der Waals surface area contributed by atoms with Gasteiger partial charge in [-0.1, -0.05) is 6.07 Å². The second-order valence-corrected chi connectivity index (χ2v) is 4.34. The molecule has 1 N–H and O–H groups in total. The van der Waals surface area contributed by atoms with Gasteiger partial charge in [0.15, 0.2) is 11.5 Å². The highest BCUT2D eigenvalue weighted by molar-refractivity contribution is 6.01. The lowest BCUT2D eigenvalue weighted by Crippen LogP contribution is -2.51. The second kappa shape index (κ2) is 5.27. The molecule has 0 saturated carbocycles. The summed E-state index contributed by atoms with van der Waals surface area (Å²) in [4.78, 5) is 24.9. The molecule has 6 nitrogen and oxygen atoms in total. The number of nitrogens with one attached hydrogen (secondary N) is 1. The smallest absolute Gasteiger partial charge is 0.248 e. The van der Waals surface area contributed by atoms with Gasteiger partial charge in [0.25, 0.3) is 0 Å². The first kappa shape index (κ1) is 13.4. The number of likely N-dealkylation sites (N-methyl/N-ethyl adjacent to an activating group) is 1. The topological polar surface area (TPSA) is 67.9 Å². The van der Waals surface area contributed by atoms with Gasteiger partial charge in [-0.25, -0.2) is 0 Å². The highest BCUT2D eigenvalue weighted by Crippen LogP contribution is 2.32. The first-order chi connectivity index (χ1) is 9.06. The Labute approximate surface area is 111 Å². The summed E-state index contributed by atoms with van der Waals surface area (Å²) in [5.74, 6) is 0.537.